The fourth-order valence-electron chi connectivity index (χ4n) is 7.41. The van der Waals surface area contributed by atoms with E-state index in [-0.39, 0.29) is 22.8 Å². The molecule has 2 aliphatic heterocycles. The number of halogens is 2. The molecule has 17 heteroatoms. The lowest BCUT2D eigenvalue weighted by atomic mass is 10.0. The zero-order chi connectivity index (χ0) is 44.9. The predicted molar refractivity (Wildman–Crippen MR) is 238 cm³/mol. The van der Waals surface area contributed by atoms with E-state index in [1.807, 2.05) is 24.3 Å². The van der Waals surface area contributed by atoms with E-state index in [9.17, 15) is 23.2 Å². The summed E-state index contributed by atoms with van der Waals surface area (Å²) in [6.45, 7) is 10.7. The lowest BCUT2D eigenvalue weighted by molar-refractivity contribution is 0.112. The summed E-state index contributed by atoms with van der Waals surface area (Å²) in [5, 5.41) is 3.54. The molecule has 0 aliphatic carbocycles. The van der Waals surface area contributed by atoms with Crippen molar-refractivity contribution in [3.05, 3.63) is 128 Å². The van der Waals surface area contributed by atoms with E-state index in [1.54, 1.807) is 67.5 Å². The molecule has 2 aliphatic rings. The van der Waals surface area contributed by atoms with Crippen molar-refractivity contribution >= 4 is 28.6 Å². The van der Waals surface area contributed by atoms with Crippen LogP contribution in [0, 0.1) is 25.5 Å². The van der Waals surface area contributed by atoms with Gasteiger partial charge in [-0.15, -0.1) is 0 Å². The Morgan fingerprint density at radius 2 is 1.19 bits per heavy atom. The first-order chi connectivity index (χ1) is 30.4. The molecule has 0 saturated carbocycles. The summed E-state index contributed by atoms with van der Waals surface area (Å²) in [6.07, 6.45) is 7.39. The van der Waals surface area contributed by atoms with Gasteiger partial charge in [-0.05, 0) is 107 Å². The van der Waals surface area contributed by atoms with Crippen LogP contribution in [0.5, 0.6) is 11.8 Å². The van der Waals surface area contributed by atoms with Gasteiger partial charge in [-0.25, -0.2) is 18.7 Å². The monoisotopic (exact) mass is 866 g/mol. The molecule has 2 fully saturated rings. The van der Waals surface area contributed by atoms with E-state index in [0.717, 1.165) is 70.5 Å². The minimum absolute atomic E-state index is 0.137. The average Bonchev–Trinajstić information content (AvgIpc) is 3.30. The molecule has 0 spiro atoms. The Bertz CT molecular complexity index is 2590. The number of benzene rings is 2. The number of methoxy groups -OCH3 is 2. The molecule has 15 nitrogen and oxygen atoms in total. The Labute approximate surface area is 364 Å². The number of carbonyl (C=O) groups excluding carboxylic acids is 1. The molecule has 3 N–H and O–H groups in total. The Balaban J connectivity index is 0.000000178. The molecule has 334 valence electrons. The molecular formula is C46H56F2N10O5. The van der Waals surface area contributed by atoms with Crippen molar-refractivity contribution in [3.8, 4) is 11.8 Å². The van der Waals surface area contributed by atoms with Crippen LogP contribution < -0.4 is 31.6 Å². The summed E-state index contributed by atoms with van der Waals surface area (Å²) in [4.78, 5) is 56.4. The summed E-state index contributed by atoms with van der Waals surface area (Å²) in [6, 6.07) is 17.6. The number of rotatable bonds is 12. The van der Waals surface area contributed by atoms with Crippen LogP contribution in [0.25, 0.3) is 22.3 Å². The number of piperidine rings is 2. The molecule has 0 unspecified atom stereocenters. The minimum atomic E-state index is -0.329. The molecule has 6 aromatic rings. The van der Waals surface area contributed by atoms with Crippen LogP contribution in [-0.4, -0.2) is 111 Å². The quantitative estimate of drug-likeness (QED) is 0.163. The van der Waals surface area contributed by atoms with Gasteiger partial charge in [-0.2, -0.15) is 9.97 Å². The number of carbonyl (C=O) groups is 1. The molecule has 4 aromatic heterocycles. The Kier molecular flexibility index (Phi) is 16.5. The number of likely N-dealkylation sites (tertiary alicyclic amines) is 2. The molecule has 0 atom stereocenters. The summed E-state index contributed by atoms with van der Waals surface area (Å²) in [5.74, 6) is 0.469. The molecule has 2 aromatic carbocycles. The highest BCUT2D eigenvalue weighted by Crippen LogP contribution is 2.17. The number of nitrogens with one attached hydrogen (secondary N) is 1. The van der Waals surface area contributed by atoms with E-state index in [1.165, 1.54) is 18.5 Å². The number of ether oxygens (including phenoxy) is 2. The van der Waals surface area contributed by atoms with E-state index in [2.05, 4.69) is 35.1 Å². The van der Waals surface area contributed by atoms with Crippen molar-refractivity contribution in [3.63, 3.8) is 0 Å². The smallest absolute Gasteiger partial charge is 0.270 e. The highest BCUT2D eigenvalue weighted by molar-refractivity contribution is 5.74. The number of nitrogens with zero attached hydrogens (tertiary/aromatic N) is 8. The van der Waals surface area contributed by atoms with Crippen LogP contribution in [0.4, 0.5) is 8.78 Å². The van der Waals surface area contributed by atoms with Gasteiger partial charge in [0.2, 0.25) is 11.8 Å². The van der Waals surface area contributed by atoms with Crippen LogP contribution in [0.1, 0.15) is 52.7 Å². The normalized spacial score (nSPS) is 15.0. The molecule has 2 saturated heterocycles. The van der Waals surface area contributed by atoms with Gasteiger partial charge in [0, 0.05) is 62.5 Å². The van der Waals surface area contributed by atoms with Crippen LogP contribution >= 0.6 is 0 Å². The van der Waals surface area contributed by atoms with Crippen LogP contribution in [0.2, 0.25) is 0 Å². The number of aromatic nitrogens is 6. The molecule has 6 heterocycles. The van der Waals surface area contributed by atoms with Crippen molar-refractivity contribution in [2.45, 2.75) is 71.2 Å². The van der Waals surface area contributed by atoms with Gasteiger partial charge in [-0.3, -0.25) is 23.5 Å². The number of pyridine rings is 2. The van der Waals surface area contributed by atoms with Crippen LogP contribution in [0.3, 0.4) is 0 Å². The highest BCUT2D eigenvalue weighted by atomic mass is 19.1. The number of nitrogens with two attached hydrogens (primary N) is 1. The van der Waals surface area contributed by atoms with Gasteiger partial charge in [0.15, 0.2) is 11.3 Å². The summed E-state index contributed by atoms with van der Waals surface area (Å²) < 4.78 is 40.0. The largest absolute Gasteiger partial charge is 0.481 e. The van der Waals surface area contributed by atoms with Gasteiger partial charge in [0.05, 0.1) is 26.6 Å². The summed E-state index contributed by atoms with van der Waals surface area (Å²) in [7, 11) is 3.12. The Morgan fingerprint density at radius 1 is 0.698 bits per heavy atom. The zero-order valence-electron chi connectivity index (χ0n) is 36.3. The topological polar surface area (TPSA) is 176 Å². The number of hydrogen-bond acceptors (Lipinski definition) is 13. The van der Waals surface area contributed by atoms with Crippen molar-refractivity contribution in [1.82, 2.24) is 44.2 Å². The van der Waals surface area contributed by atoms with E-state index >= 15 is 0 Å². The molecule has 8 rings (SSSR count). The second-order valence-corrected chi connectivity index (χ2v) is 15.8. The van der Waals surface area contributed by atoms with Gasteiger partial charge in [0.1, 0.15) is 29.0 Å². The second kappa shape index (κ2) is 22.4. The fourth-order valence-corrected chi connectivity index (χ4v) is 7.41. The van der Waals surface area contributed by atoms with Gasteiger partial charge >= 0.3 is 0 Å². The lowest BCUT2D eigenvalue weighted by Crippen LogP contribution is -2.43. The third-order valence-electron chi connectivity index (χ3n) is 11.4. The SMILES string of the molecule is COc1ccc2ncc(=O)n(CCN3CCC(N)CC3)c2n1.COc1ccc2ncc(=O)n(CCN3CCC(NCc4ccc(C)c(F)c4)CC3)c2n1.Cc1ccc(C=O)cc1F. The maximum absolute atomic E-state index is 13.7. The Hall–Kier alpha value is -6.01. The van der Waals surface area contributed by atoms with Gasteiger partial charge in [-0.1, -0.05) is 24.3 Å². The maximum Gasteiger partial charge on any atom is 0.270 e. The maximum atomic E-state index is 13.7. The molecule has 0 radical (unpaired) electrons. The third-order valence-corrected chi connectivity index (χ3v) is 11.4. The first-order valence-electron chi connectivity index (χ1n) is 21.2. The average molecular weight is 867 g/mol. The minimum Gasteiger partial charge on any atom is -0.481 e. The number of aldehydes is 1. The summed E-state index contributed by atoms with van der Waals surface area (Å²) >= 11 is 0. The number of aryl methyl sites for hydroxylation is 2. The van der Waals surface area contributed by atoms with Crippen LogP contribution in [-0.2, 0) is 19.6 Å². The lowest BCUT2D eigenvalue weighted by Gasteiger charge is -2.32. The van der Waals surface area contributed by atoms with Crippen LogP contribution in [0.15, 0.2) is 82.6 Å². The Morgan fingerprint density at radius 3 is 1.67 bits per heavy atom. The van der Waals surface area contributed by atoms with E-state index in [0.29, 0.717) is 88.8 Å². The number of hydrogen-bond donors (Lipinski definition) is 2. The van der Waals surface area contributed by atoms with Gasteiger partial charge < -0.3 is 30.3 Å². The van der Waals surface area contributed by atoms with Crippen molar-refractivity contribution in [2.24, 2.45) is 5.73 Å². The van der Waals surface area contributed by atoms with Crippen molar-refractivity contribution in [2.75, 3.05) is 53.5 Å². The molecule has 0 bridgehead atoms. The first-order valence-corrected chi connectivity index (χ1v) is 21.2. The predicted octanol–water partition coefficient (Wildman–Crippen LogP) is 4.67. The molecular weight excluding hydrogens is 811 g/mol. The zero-order valence-corrected chi connectivity index (χ0v) is 36.3. The summed E-state index contributed by atoms with van der Waals surface area (Å²) in [5.41, 5.74) is 10.7. The fraction of sp³-hybridized carbons (Fsp3) is 0.413. The highest BCUT2D eigenvalue weighted by Gasteiger charge is 2.20. The van der Waals surface area contributed by atoms with Gasteiger partial charge in [0.25, 0.3) is 11.1 Å². The molecule has 63 heavy (non-hydrogen) atoms. The van der Waals surface area contributed by atoms with Crippen molar-refractivity contribution in [1.29, 1.82) is 0 Å². The first kappa shape index (κ1) is 46.5. The van der Waals surface area contributed by atoms with E-state index < -0.39 is 0 Å². The second-order valence-electron chi connectivity index (χ2n) is 15.8. The number of fused-ring (bicyclic) bond motifs is 2. The van der Waals surface area contributed by atoms with Crippen molar-refractivity contribution < 1.29 is 23.0 Å². The molecule has 0 amide bonds. The third kappa shape index (κ3) is 12.8. The van der Waals surface area contributed by atoms with E-state index in [4.69, 9.17) is 15.2 Å². The standard InChI is InChI=1S/C23H28FN5O2.C15H21N5O2.C8H7FO/c1-16-3-4-17(13-19(16)24)14-25-18-7-9-28(10-8-18)11-12-29-22(30)15-26-20-5-6-21(31-2)27-23(20)29;1-22-13-3-2-12-15(18-13)20(14(21)10-17-12)9-8-19-6-4-11(16)5-7-19;1-6-2-3-7(5-10)4-8(6)9/h3-6,13,15,18,25H,7-12,14H2,1-2H3;2-3,10-11H,4-9,16H2,1H3;2-5H,1H3.